The zero-order chi connectivity index (χ0) is 20.2. The van der Waals surface area contributed by atoms with Crippen molar-refractivity contribution in [3.63, 3.8) is 0 Å². The summed E-state index contributed by atoms with van der Waals surface area (Å²) in [5.41, 5.74) is 1.69. The molecule has 0 aliphatic carbocycles. The number of hydrogen-bond donors (Lipinski definition) is 1. The first kappa shape index (κ1) is 18.7. The number of morpholine rings is 1. The quantitative estimate of drug-likeness (QED) is 0.663. The molecule has 1 amide bonds. The van der Waals surface area contributed by atoms with Gasteiger partial charge in [-0.05, 0) is 28.6 Å². The third kappa shape index (κ3) is 4.14. The minimum Gasteiger partial charge on any atom is -0.378 e. The zero-order valence-electron chi connectivity index (χ0n) is 16.2. The lowest BCUT2D eigenvalue weighted by Crippen LogP contribution is -2.37. The maximum absolute atomic E-state index is 12.8. The lowest BCUT2D eigenvalue weighted by Gasteiger charge is -2.28. The van der Waals surface area contributed by atoms with E-state index in [4.69, 9.17) is 4.74 Å². The topological polar surface area (TPSA) is 114 Å². The van der Waals surface area contributed by atoms with Crippen LogP contribution in [0, 0.1) is 0 Å². The molecule has 1 N–H and O–H groups in total. The monoisotopic (exact) mass is 395 g/mol. The van der Waals surface area contributed by atoms with Crippen LogP contribution in [-0.4, -0.2) is 76.5 Å². The Hall–Kier alpha value is -3.60. The summed E-state index contributed by atoms with van der Waals surface area (Å²) < 4.78 is 6.87. The van der Waals surface area contributed by atoms with E-state index in [0.717, 1.165) is 13.1 Å². The average molecular weight is 395 g/mol. The number of nitrogens with zero attached hydrogens (tertiary/aromatic N) is 8. The molecule has 1 saturated heterocycles. The van der Waals surface area contributed by atoms with Crippen molar-refractivity contribution in [3.8, 4) is 5.69 Å². The van der Waals surface area contributed by atoms with Gasteiger partial charge in [-0.3, -0.25) is 4.79 Å². The summed E-state index contributed by atoms with van der Waals surface area (Å²) in [6, 6.07) is 7.03. The lowest BCUT2D eigenvalue weighted by atomic mass is 10.2. The van der Waals surface area contributed by atoms with E-state index in [1.54, 1.807) is 24.4 Å². The molecule has 11 nitrogen and oxygen atoms in total. The molecule has 0 atom stereocenters. The highest BCUT2D eigenvalue weighted by Crippen LogP contribution is 2.25. The fourth-order valence-electron chi connectivity index (χ4n) is 2.97. The number of nitrogens with one attached hydrogen (secondary N) is 1. The average Bonchev–Trinajstić information content (AvgIpc) is 3.29. The van der Waals surface area contributed by atoms with Crippen molar-refractivity contribution in [1.29, 1.82) is 0 Å². The normalized spacial score (nSPS) is 13.9. The molecule has 0 radical (unpaired) electrons. The van der Waals surface area contributed by atoms with Gasteiger partial charge in [0.15, 0.2) is 5.82 Å². The predicted octanol–water partition coefficient (Wildman–Crippen LogP) is 0.607. The lowest BCUT2D eigenvalue weighted by molar-refractivity contribution is 0.102. The number of carbonyl (C=O) groups excluding carboxylic acids is 1. The van der Waals surface area contributed by atoms with Crippen LogP contribution in [0.15, 0.2) is 36.8 Å². The largest absolute Gasteiger partial charge is 0.378 e. The van der Waals surface area contributed by atoms with Gasteiger partial charge >= 0.3 is 0 Å². The summed E-state index contributed by atoms with van der Waals surface area (Å²) in [6.45, 7) is 2.78. The fraction of sp³-hybridized carbons (Fsp3) is 0.333. The number of amides is 1. The van der Waals surface area contributed by atoms with Gasteiger partial charge in [0, 0.05) is 32.7 Å². The number of anilines is 3. The van der Waals surface area contributed by atoms with Crippen molar-refractivity contribution in [2.75, 3.05) is 55.5 Å². The Morgan fingerprint density at radius 3 is 2.79 bits per heavy atom. The zero-order valence-corrected chi connectivity index (χ0v) is 16.2. The van der Waals surface area contributed by atoms with E-state index in [1.807, 2.05) is 25.1 Å². The van der Waals surface area contributed by atoms with Gasteiger partial charge in [0.1, 0.15) is 12.0 Å². The number of ether oxygens (including phenoxy) is 1. The second-order valence-corrected chi connectivity index (χ2v) is 6.66. The van der Waals surface area contributed by atoms with E-state index in [-0.39, 0.29) is 5.91 Å². The second kappa shape index (κ2) is 8.19. The van der Waals surface area contributed by atoms with Crippen LogP contribution in [0.3, 0.4) is 0 Å². The number of benzene rings is 1. The second-order valence-electron chi connectivity index (χ2n) is 6.66. The molecule has 1 aliphatic rings. The first-order valence-corrected chi connectivity index (χ1v) is 9.13. The number of rotatable bonds is 5. The molecule has 2 aromatic heterocycles. The van der Waals surface area contributed by atoms with E-state index in [9.17, 15) is 4.79 Å². The van der Waals surface area contributed by atoms with E-state index in [1.165, 1.54) is 11.0 Å². The van der Waals surface area contributed by atoms with Crippen molar-refractivity contribution in [3.05, 3.63) is 42.4 Å². The molecule has 3 heterocycles. The van der Waals surface area contributed by atoms with Gasteiger partial charge < -0.3 is 19.9 Å². The summed E-state index contributed by atoms with van der Waals surface area (Å²) in [7, 11) is 3.75. The highest BCUT2D eigenvalue weighted by Gasteiger charge is 2.18. The molecule has 1 aromatic carbocycles. The van der Waals surface area contributed by atoms with E-state index in [2.05, 4.69) is 35.7 Å². The SMILES string of the molecule is CN(C)c1nc(N2CCOCC2)ncc1NC(=O)c1cccc(-n2cnnn2)c1. The number of carbonyl (C=O) groups is 1. The minimum atomic E-state index is -0.272. The Balaban J connectivity index is 1.57. The Morgan fingerprint density at radius 1 is 1.24 bits per heavy atom. The van der Waals surface area contributed by atoms with Crippen LogP contribution in [0.25, 0.3) is 5.69 Å². The van der Waals surface area contributed by atoms with Gasteiger partial charge in [0.2, 0.25) is 5.95 Å². The molecule has 3 aromatic rings. The molecule has 11 heteroatoms. The highest BCUT2D eigenvalue weighted by molar-refractivity contribution is 6.05. The van der Waals surface area contributed by atoms with E-state index >= 15 is 0 Å². The van der Waals surface area contributed by atoms with Crippen molar-refractivity contribution in [1.82, 2.24) is 30.2 Å². The molecule has 0 bridgehead atoms. The van der Waals surface area contributed by atoms with Gasteiger partial charge in [-0.1, -0.05) is 6.07 Å². The maximum atomic E-state index is 12.8. The molecular weight excluding hydrogens is 374 g/mol. The van der Waals surface area contributed by atoms with Crippen LogP contribution in [0.1, 0.15) is 10.4 Å². The molecule has 0 saturated carbocycles. The molecule has 1 aliphatic heterocycles. The summed E-state index contributed by atoms with van der Waals surface area (Å²) >= 11 is 0. The molecule has 0 unspecified atom stereocenters. The Bertz CT molecular complexity index is 985. The molecule has 29 heavy (non-hydrogen) atoms. The standard InChI is InChI=1S/C18H21N9O2/c1-25(2)16-15(11-19-18(22-16)26-6-8-29-9-7-26)21-17(28)13-4-3-5-14(10-13)27-12-20-23-24-27/h3-5,10-12H,6-9H2,1-2H3,(H,21,28). The van der Waals surface area contributed by atoms with Crippen LogP contribution >= 0.6 is 0 Å². The van der Waals surface area contributed by atoms with Gasteiger partial charge in [0.05, 0.1) is 25.1 Å². The Morgan fingerprint density at radius 2 is 2.07 bits per heavy atom. The van der Waals surface area contributed by atoms with Crippen molar-refractivity contribution in [2.24, 2.45) is 0 Å². The molecular formula is C18H21N9O2. The molecule has 4 rings (SSSR count). The van der Waals surface area contributed by atoms with E-state index in [0.29, 0.717) is 41.9 Å². The molecule has 1 fully saturated rings. The summed E-state index contributed by atoms with van der Waals surface area (Å²) in [4.78, 5) is 25.8. The number of tetrazole rings is 1. The van der Waals surface area contributed by atoms with Crippen LogP contribution in [0.5, 0.6) is 0 Å². The predicted molar refractivity (Wildman–Crippen MR) is 106 cm³/mol. The minimum absolute atomic E-state index is 0.272. The van der Waals surface area contributed by atoms with Gasteiger partial charge in [-0.25, -0.2) is 9.67 Å². The van der Waals surface area contributed by atoms with Gasteiger partial charge in [-0.2, -0.15) is 4.98 Å². The van der Waals surface area contributed by atoms with Crippen LogP contribution < -0.4 is 15.1 Å². The Labute approximate surface area is 167 Å². The third-order valence-electron chi connectivity index (χ3n) is 4.44. The third-order valence-corrected chi connectivity index (χ3v) is 4.44. The van der Waals surface area contributed by atoms with Crippen LogP contribution in [0.2, 0.25) is 0 Å². The molecule has 150 valence electrons. The highest BCUT2D eigenvalue weighted by atomic mass is 16.5. The van der Waals surface area contributed by atoms with Crippen molar-refractivity contribution < 1.29 is 9.53 Å². The summed E-state index contributed by atoms with van der Waals surface area (Å²) in [6.07, 6.45) is 3.11. The van der Waals surface area contributed by atoms with E-state index < -0.39 is 0 Å². The van der Waals surface area contributed by atoms with Crippen molar-refractivity contribution in [2.45, 2.75) is 0 Å². The first-order valence-electron chi connectivity index (χ1n) is 9.13. The van der Waals surface area contributed by atoms with Crippen molar-refractivity contribution >= 4 is 23.4 Å². The van der Waals surface area contributed by atoms with Gasteiger partial charge in [-0.15, -0.1) is 5.10 Å². The maximum Gasteiger partial charge on any atom is 0.255 e. The molecule has 0 spiro atoms. The number of hydrogen-bond acceptors (Lipinski definition) is 9. The smallest absolute Gasteiger partial charge is 0.255 e. The number of aromatic nitrogens is 6. The Kier molecular flexibility index (Phi) is 5.29. The fourth-order valence-corrected chi connectivity index (χ4v) is 2.97. The summed E-state index contributed by atoms with van der Waals surface area (Å²) in [5.74, 6) is 0.980. The van der Waals surface area contributed by atoms with Gasteiger partial charge in [0.25, 0.3) is 5.91 Å². The first-order chi connectivity index (χ1) is 14.1. The van der Waals surface area contributed by atoms with Crippen LogP contribution in [0.4, 0.5) is 17.5 Å². The summed E-state index contributed by atoms with van der Waals surface area (Å²) in [5, 5.41) is 14.0. The van der Waals surface area contributed by atoms with Crippen LogP contribution in [-0.2, 0) is 4.74 Å².